The Kier molecular flexibility index (Phi) is 55.7. The van der Waals surface area contributed by atoms with Crippen molar-refractivity contribution in [2.75, 3.05) is 13.2 Å². The lowest BCUT2D eigenvalue weighted by molar-refractivity contribution is -0.167. The van der Waals surface area contributed by atoms with Crippen molar-refractivity contribution in [2.24, 2.45) is 0 Å². The Hall–Kier alpha value is -2.63. The molecule has 0 radical (unpaired) electrons. The monoisotopic (exact) mass is 967 g/mol. The first kappa shape index (κ1) is 66.4. The maximum Gasteiger partial charge on any atom is 0.306 e. The molecule has 69 heavy (non-hydrogen) atoms. The Labute approximate surface area is 428 Å². The molecule has 0 aliphatic carbocycles. The highest BCUT2D eigenvalue weighted by Crippen LogP contribution is 2.16. The average molecular weight is 968 g/mol. The predicted molar refractivity (Wildman–Crippen MR) is 298 cm³/mol. The molecule has 0 fully saturated rings. The largest absolute Gasteiger partial charge is 0.462 e. The molecule has 0 aromatic heterocycles. The first-order valence-electron chi connectivity index (χ1n) is 30.1. The van der Waals surface area contributed by atoms with E-state index in [1.165, 1.54) is 199 Å². The van der Waals surface area contributed by atoms with Crippen molar-refractivity contribution in [3.05, 3.63) is 48.6 Å². The number of esters is 3. The molecule has 0 saturated carbocycles. The van der Waals surface area contributed by atoms with E-state index in [2.05, 4.69) is 69.4 Å². The van der Waals surface area contributed by atoms with Gasteiger partial charge in [-0.3, -0.25) is 14.4 Å². The van der Waals surface area contributed by atoms with Crippen molar-refractivity contribution >= 4 is 17.9 Å². The lowest BCUT2D eigenvalue weighted by Crippen LogP contribution is -2.30. The Bertz CT molecular complexity index is 1200. The minimum absolute atomic E-state index is 0.0769. The second-order valence-electron chi connectivity index (χ2n) is 20.2. The normalized spacial score (nSPS) is 12.3. The quantitative estimate of drug-likeness (QED) is 0.0262. The van der Waals surface area contributed by atoms with Gasteiger partial charge in [-0.25, -0.2) is 0 Å². The third-order valence-electron chi connectivity index (χ3n) is 13.3. The summed E-state index contributed by atoms with van der Waals surface area (Å²) in [6.45, 7) is 6.59. The van der Waals surface area contributed by atoms with Gasteiger partial charge < -0.3 is 14.2 Å². The lowest BCUT2D eigenvalue weighted by atomic mass is 10.0. The Morgan fingerprint density at radius 2 is 0.551 bits per heavy atom. The summed E-state index contributed by atoms with van der Waals surface area (Å²) in [6.07, 6.45) is 71.2. The van der Waals surface area contributed by atoms with Crippen LogP contribution in [0.5, 0.6) is 0 Å². The molecule has 0 saturated heterocycles. The van der Waals surface area contributed by atoms with Gasteiger partial charge in [-0.2, -0.15) is 0 Å². The number of carbonyl (C=O) groups excluding carboxylic acids is 3. The van der Waals surface area contributed by atoms with Gasteiger partial charge in [-0.05, 0) is 96.3 Å². The van der Waals surface area contributed by atoms with Gasteiger partial charge >= 0.3 is 17.9 Å². The van der Waals surface area contributed by atoms with Gasteiger partial charge in [-0.15, -0.1) is 0 Å². The van der Waals surface area contributed by atoms with Crippen LogP contribution in [0.15, 0.2) is 48.6 Å². The predicted octanol–water partition coefficient (Wildman–Crippen LogP) is 20.2. The van der Waals surface area contributed by atoms with Crippen molar-refractivity contribution in [3.8, 4) is 0 Å². The van der Waals surface area contributed by atoms with E-state index in [4.69, 9.17) is 14.2 Å². The van der Waals surface area contributed by atoms with Crippen molar-refractivity contribution in [3.63, 3.8) is 0 Å². The fourth-order valence-electron chi connectivity index (χ4n) is 8.71. The molecule has 0 aromatic rings. The van der Waals surface area contributed by atoms with Crippen LogP contribution in [0, 0.1) is 0 Å². The Balaban J connectivity index is 4.25. The summed E-state index contributed by atoms with van der Waals surface area (Å²) in [5, 5.41) is 0. The van der Waals surface area contributed by atoms with E-state index in [1.807, 2.05) is 0 Å². The Morgan fingerprint density at radius 3 is 0.870 bits per heavy atom. The summed E-state index contributed by atoms with van der Waals surface area (Å²) >= 11 is 0. The van der Waals surface area contributed by atoms with Crippen LogP contribution in [0.2, 0.25) is 0 Å². The summed E-state index contributed by atoms with van der Waals surface area (Å²) in [5.74, 6) is -0.881. The van der Waals surface area contributed by atoms with Crippen LogP contribution < -0.4 is 0 Å². The summed E-state index contributed by atoms with van der Waals surface area (Å²) in [5.41, 5.74) is 0. The molecule has 6 nitrogen and oxygen atoms in total. The summed E-state index contributed by atoms with van der Waals surface area (Å²) in [6, 6.07) is 0. The highest BCUT2D eigenvalue weighted by atomic mass is 16.6. The zero-order valence-corrected chi connectivity index (χ0v) is 46.1. The molecular weight excluding hydrogens is 853 g/mol. The minimum atomic E-state index is -0.778. The van der Waals surface area contributed by atoms with Crippen LogP contribution in [-0.4, -0.2) is 37.2 Å². The Morgan fingerprint density at radius 1 is 0.290 bits per heavy atom. The number of allylic oxidation sites excluding steroid dienone is 8. The van der Waals surface area contributed by atoms with Crippen LogP contribution >= 0.6 is 0 Å². The van der Waals surface area contributed by atoms with Gasteiger partial charge in [-0.1, -0.05) is 249 Å². The van der Waals surface area contributed by atoms with Crippen molar-refractivity contribution in [2.45, 2.75) is 322 Å². The van der Waals surface area contributed by atoms with Crippen molar-refractivity contribution in [1.29, 1.82) is 0 Å². The molecule has 402 valence electrons. The van der Waals surface area contributed by atoms with Crippen LogP contribution in [0.25, 0.3) is 0 Å². The average Bonchev–Trinajstić information content (AvgIpc) is 3.35. The van der Waals surface area contributed by atoms with Gasteiger partial charge in [0.1, 0.15) is 13.2 Å². The van der Waals surface area contributed by atoms with Crippen LogP contribution in [-0.2, 0) is 28.6 Å². The number of unbranched alkanes of at least 4 members (excludes halogenated alkanes) is 36. The van der Waals surface area contributed by atoms with Crippen LogP contribution in [0.3, 0.4) is 0 Å². The molecule has 0 bridgehead atoms. The SMILES string of the molecule is CCC/C=C\CCCCCCCC(=O)OCC(COC(=O)CCCCCCCCCCCCC/C=C\C/C=C\CCCCCCC)OC(=O)CCCCCCCCC/C=C\CCCCCCCCC. The highest BCUT2D eigenvalue weighted by Gasteiger charge is 2.19. The van der Waals surface area contributed by atoms with E-state index in [0.29, 0.717) is 19.3 Å². The molecule has 0 aromatic carbocycles. The van der Waals surface area contributed by atoms with E-state index < -0.39 is 6.10 Å². The first-order valence-corrected chi connectivity index (χ1v) is 30.1. The van der Waals surface area contributed by atoms with E-state index in [0.717, 1.165) is 77.0 Å². The number of hydrogen-bond donors (Lipinski definition) is 0. The third kappa shape index (κ3) is 56.2. The molecule has 1 atom stereocenters. The lowest BCUT2D eigenvalue weighted by Gasteiger charge is -2.18. The number of rotatable bonds is 55. The van der Waals surface area contributed by atoms with Crippen LogP contribution in [0.4, 0.5) is 0 Å². The van der Waals surface area contributed by atoms with Gasteiger partial charge in [0.2, 0.25) is 0 Å². The second kappa shape index (κ2) is 57.9. The van der Waals surface area contributed by atoms with E-state index >= 15 is 0 Å². The molecule has 6 heteroatoms. The number of ether oxygens (including phenoxy) is 3. The van der Waals surface area contributed by atoms with E-state index in [1.54, 1.807) is 0 Å². The molecule has 0 aliphatic rings. The fraction of sp³-hybridized carbons (Fsp3) is 0.825. The third-order valence-corrected chi connectivity index (χ3v) is 13.3. The highest BCUT2D eigenvalue weighted by molar-refractivity contribution is 5.71. The minimum Gasteiger partial charge on any atom is -0.462 e. The second-order valence-corrected chi connectivity index (χ2v) is 20.2. The van der Waals surface area contributed by atoms with E-state index in [-0.39, 0.29) is 31.1 Å². The molecule has 1 unspecified atom stereocenters. The zero-order chi connectivity index (χ0) is 50.0. The maximum absolute atomic E-state index is 12.9. The molecule has 0 aliphatic heterocycles. The van der Waals surface area contributed by atoms with Crippen molar-refractivity contribution < 1.29 is 28.6 Å². The fourth-order valence-corrected chi connectivity index (χ4v) is 8.71. The molecule has 0 amide bonds. The van der Waals surface area contributed by atoms with Gasteiger partial charge in [0.25, 0.3) is 0 Å². The molecule has 0 heterocycles. The summed E-state index contributed by atoms with van der Waals surface area (Å²) in [7, 11) is 0. The smallest absolute Gasteiger partial charge is 0.306 e. The van der Waals surface area contributed by atoms with Crippen LogP contribution in [0.1, 0.15) is 316 Å². The van der Waals surface area contributed by atoms with Gasteiger partial charge in [0, 0.05) is 19.3 Å². The molecular formula is C63H114O6. The van der Waals surface area contributed by atoms with Crippen molar-refractivity contribution in [1.82, 2.24) is 0 Å². The van der Waals surface area contributed by atoms with Gasteiger partial charge in [0.15, 0.2) is 6.10 Å². The topological polar surface area (TPSA) is 78.9 Å². The summed E-state index contributed by atoms with van der Waals surface area (Å²) < 4.78 is 16.9. The molecule has 0 rings (SSSR count). The van der Waals surface area contributed by atoms with E-state index in [9.17, 15) is 14.4 Å². The van der Waals surface area contributed by atoms with Gasteiger partial charge in [0.05, 0.1) is 0 Å². The zero-order valence-electron chi connectivity index (χ0n) is 46.1. The first-order chi connectivity index (χ1) is 34.0. The molecule has 0 spiro atoms. The number of hydrogen-bond acceptors (Lipinski definition) is 6. The standard InChI is InChI=1S/C63H114O6/c1-4-7-10-13-16-19-22-24-26-28-30-31-32-33-34-36-37-39-41-44-47-50-53-56-62(65)68-59-60(58-67-61(64)55-52-49-46-43-21-18-15-12-9-6-3)69-63(66)57-54-51-48-45-42-40-38-35-29-27-25-23-20-17-14-11-8-5-2/h12,15,22,24,27-30,60H,4-11,13-14,16-21,23,25-26,31-59H2,1-3H3/b15-12-,24-22-,29-27-,30-28-. The number of carbonyl (C=O) groups is 3. The molecule has 0 N–H and O–H groups in total. The maximum atomic E-state index is 12.9. The summed E-state index contributed by atoms with van der Waals surface area (Å²) in [4.78, 5) is 38.1.